The minimum absolute atomic E-state index is 0.138. The first kappa shape index (κ1) is 16.4. The van der Waals surface area contributed by atoms with Gasteiger partial charge in [0.15, 0.2) is 9.84 Å². The van der Waals surface area contributed by atoms with Crippen molar-refractivity contribution in [3.63, 3.8) is 0 Å². The molecule has 0 saturated carbocycles. The molecule has 1 aromatic rings. The van der Waals surface area contributed by atoms with Crippen LogP contribution in [0.25, 0.3) is 0 Å². The van der Waals surface area contributed by atoms with Crippen LogP contribution in [0.2, 0.25) is 0 Å². The number of carboxylic acid groups (broad SMARTS) is 1. The normalized spacial score (nSPS) is 15.1. The van der Waals surface area contributed by atoms with Gasteiger partial charge in [0.05, 0.1) is 18.0 Å². The molecule has 2 rings (SSSR count). The Morgan fingerprint density at radius 2 is 2.10 bits per heavy atom. The standard InChI is InChI=1S/C13H20N2O4S2/c1-15(6-7-21(18,19)9-13(16)17)8-12-14-10-4-2-3-5-11(10)20-12/h2-9H2,1H3,(H,16,17). The molecule has 0 aromatic carbocycles. The highest BCUT2D eigenvalue weighted by Gasteiger charge is 2.18. The van der Waals surface area contributed by atoms with Crippen LogP contribution in [0.15, 0.2) is 0 Å². The number of hydrogen-bond acceptors (Lipinski definition) is 6. The predicted molar refractivity (Wildman–Crippen MR) is 81.4 cm³/mol. The molecule has 8 heteroatoms. The highest BCUT2D eigenvalue weighted by atomic mass is 32.2. The van der Waals surface area contributed by atoms with Crippen LogP contribution in [0.4, 0.5) is 0 Å². The molecule has 0 atom stereocenters. The van der Waals surface area contributed by atoms with Gasteiger partial charge in [-0.3, -0.25) is 9.69 Å². The zero-order chi connectivity index (χ0) is 15.5. The van der Waals surface area contributed by atoms with Gasteiger partial charge in [0.2, 0.25) is 0 Å². The molecule has 1 aromatic heterocycles. The zero-order valence-electron chi connectivity index (χ0n) is 12.0. The van der Waals surface area contributed by atoms with Gasteiger partial charge in [-0.05, 0) is 32.7 Å². The lowest BCUT2D eigenvalue weighted by Crippen LogP contribution is -2.28. The lowest BCUT2D eigenvalue weighted by atomic mass is 10.0. The molecule has 1 heterocycles. The molecule has 1 aliphatic rings. The third kappa shape index (κ3) is 5.05. The number of thiazole rings is 1. The Hall–Kier alpha value is -0.990. The fourth-order valence-electron chi connectivity index (χ4n) is 2.34. The van der Waals surface area contributed by atoms with E-state index in [9.17, 15) is 13.2 Å². The number of aromatic nitrogens is 1. The van der Waals surface area contributed by atoms with Crippen molar-refractivity contribution in [1.82, 2.24) is 9.88 Å². The summed E-state index contributed by atoms with van der Waals surface area (Å²) < 4.78 is 23.1. The van der Waals surface area contributed by atoms with Crippen molar-refractivity contribution in [2.45, 2.75) is 32.2 Å². The van der Waals surface area contributed by atoms with Crippen molar-refractivity contribution < 1.29 is 18.3 Å². The van der Waals surface area contributed by atoms with Gasteiger partial charge in [-0.25, -0.2) is 13.4 Å². The van der Waals surface area contributed by atoms with Gasteiger partial charge in [-0.1, -0.05) is 0 Å². The van der Waals surface area contributed by atoms with Gasteiger partial charge >= 0.3 is 5.97 Å². The van der Waals surface area contributed by atoms with Crippen molar-refractivity contribution >= 4 is 27.1 Å². The van der Waals surface area contributed by atoms with Crippen LogP contribution < -0.4 is 0 Å². The molecule has 0 fully saturated rings. The number of carbonyl (C=O) groups is 1. The van der Waals surface area contributed by atoms with E-state index in [4.69, 9.17) is 5.11 Å². The Kier molecular flexibility index (Phi) is 5.34. The van der Waals surface area contributed by atoms with E-state index in [-0.39, 0.29) is 5.75 Å². The molecule has 0 unspecified atom stereocenters. The van der Waals surface area contributed by atoms with Crippen molar-refractivity contribution in [2.24, 2.45) is 0 Å². The van der Waals surface area contributed by atoms with E-state index in [2.05, 4.69) is 4.98 Å². The van der Waals surface area contributed by atoms with Gasteiger partial charge < -0.3 is 5.11 Å². The monoisotopic (exact) mass is 332 g/mol. The average molecular weight is 332 g/mol. The summed E-state index contributed by atoms with van der Waals surface area (Å²) in [7, 11) is -1.70. The van der Waals surface area contributed by atoms with Crippen LogP contribution in [0, 0.1) is 0 Å². The molecule has 0 bridgehead atoms. The summed E-state index contributed by atoms with van der Waals surface area (Å²) in [5, 5.41) is 9.56. The number of fused-ring (bicyclic) bond motifs is 1. The minimum atomic E-state index is -3.53. The molecule has 21 heavy (non-hydrogen) atoms. The Labute approximate surface area is 128 Å². The van der Waals surface area contributed by atoms with Crippen molar-refractivity contribution in [2.75, 3.05) is 25.1 Å². The fraction of sp³-hybridized carbons (Fsp3) is 0.692. The van der Waals surface area contributed by atoms with Crippen LogP contribution in [0.5, 0.6) is 0 Å². The molecule has 0 spiro atoms. The van der Waals surface area contributed by atoms with E-state index in [0.717, 1.165) is 17.8 Å². The van der Waals surface area contributed by atoms with Crippen molar-refractivity contribution in [1.29, 1.82) is 0 Å². The number of sulfone groups is 1. The molecule has 0 amide bonds. The number of rotatable bonds is 7. The maximum Gasteiger partial charge on any atom is 0.318 e. The molecule has 6 nitrogen and oxygen atoms in total. The van der Waals surface area contributed by atoms with Gasteiger partial charge in [0.25, 0.3) is 0 Å². The fourth-order valence-corrected chi connectivity index (χ4v) is 4.69. The van der Waals surface area contributed by atoms with Crippen LogP contribution in [0.3, 0.4) is 0 Å². The molecular weight excluding hydrogens is 312 g/mol. The van der Waals surface area contributed by atoms with Gasteiger partial charge in [0, 0.05) is 11.4 Å². The van der Waals surface area contributed by atoms with Gasteiger partial charge in [-0.2, -0.15) is 0 Å². The van der Waals surface area contributed by atoms with E-state index in [0.29, 0.717) is 13.1 Å². The Morgan fingerprint density at radius 3 is 2.76 bits per heavy atom. The second kappa shape index (κ2) is 6.85. The highest BCUT2D eigenvalue weighted by molar-refractivity contribution is 7.92. The van der Waals surface area contributed by atoms with E-state index < -0.39 is 21.6 Å². The second-order valence-electron chi connectivity index (χ2n) is 5.41. The van der Waals surface area contributed by atoms with E-state index >= 15 is 0 Å². The first-order valence-corrected chi connectivity index (χ1v) is 9.58. The molecular formula is C13H20N2O4S2. The first-order valence-electron chi connectivity index (χ1n) is 6.94. The van der Waals surface area contributed by atoms with Crippen LogP contribution >= 0.6 is 11.3 Å². The third-order valence-corrected chi connectivity index (χ3v) is 6.06. The minimum Gasteiger partial charge on any atom is -0.480 e. The average Bonchev–Trinajstić information content (AvgIpc) is 2.77. The third-order valence-electron chi connectivity index (χ3n) is 3.42. The lowest BCUT2D eigenvalue weighted by molar-refractivity contribution is -0.134. The van der Waals surface area contributed by atoms with Gasteiger partial charge in [0.1, 0.15) is 10.8 Å². The number of aliphatic carboxylic acids is 1. The Morgan fingerprint density at radius 1 is 1.38 bits per heavy atom. The zero-order valence-corrected chi connectivity index (χ0v) is 13.7. The summed E-state index contributed by atoms with van der Waals surface area (Å²) in [6.07, 6.45) is 4.56. The maximum atomic E-state index is 11.5. The summed E-state index contributed by atoms with van der Waals surface area (Å²) in [6.45, 7) is 0.931. The predicted octanol–water partition coefficient (Wildman–Crippen LogP) is 0.953. The van der Waals surface area contributed by atoms with Crippen molar-refractivity contribution in [3.8, 4) is 0 Å². The topological polar surface area (TPSA) is 87.6 Å². The maximum absolute atomic E-state index is 11.5. The van der Waals surface area contributed by atoms with E-state index in [1.165, 1.54) is 23.4 Å². The summed E-state index contributed by atoms with van der Waals surface area (Å²) in [4.78, 5) is 18.3. The lowest BCUT2D eigenvalue weighted by Gasteiger charge is -2.14. The summed E-state index contributed by atoms with van der Waals surface area (Å²) >= 11 is 1.71. The number of nitrogens with zero attached hydrogens (tertiary/aromatic N) is 2. The molecule has 1 aliphatic carbocycles. The summed E-state index contributed by atoms with van der Waals surface area (Å²) in [5.41, 5.74) is 1.20. The van der Waals surface area contributed by atoms with E-state index in [1.54, 1.807) is 11.3 Å². The second-order valence-corrected chi connectivity index (χ2v) is 8.76. The molecule has 0 aliphatic heterocycles. The van der Waals surface area contributed by atoms with E-state index in [1.807, 2.05) is 11.9 Å². The number of hydrogen-bond donors (Lipinski definition) is 1. The molecule has 0 radical (unpaired) electrons. The van der Waals surface area contributed by atoms with Crippen LogP contribution in [-0.4, -0.2) is 54.5 Å². The summed E-state index contributed by atoms with van der Waals surface area (Å²) in [5.74, 6) is -2.24. The smallest absolute Gasteiger partial charge is 0.318 e. The molecule has 118 valence electrons. The molecule has 0 saturated heterocycles. The largest absolute Gasteiger partial charge is 0.480 e. The van der Waals surface area contributed by atoms with Crippen LogP contribution in [-0.2, 0) is 34.0 Å². The number of carboxylic acids is 1. The number of aryl methyl sites for hydroxylation is 2. The Balaban J connectivity index is 1.86. The first-order chi connectivity index (χ1) is 9.85. The highest BCUT2D eigenvalue weighted by Crippen LogP contribution is 2.27. The summed E-state index contributed by atoms with van der Waals surface area (Å²) in [6, 6.07) is 0. The van der Waals surface area contributed by atoms with Gasteiger partial charge in [-0.15, -0.1) is 11.3 Å². The SMILES string of the molecule is CN(CCS(=O)(=O)CC(=O)O)Cc1nc2c(s1)CCCC2. The quantitative estimate of drug-likeness (QED) is 0.800. The van der Waals surface area contributed by atoms with Crippen molar-refractivity contribution in [3.05, 3.63) is 15.6 Å². The van der Waals surface area contributed by atoms with Crippen LogP contribution in [0.1, 0.15) is 28.4 Å². The molecule has 1 N–H and O–H groups in total. The Bertz CT molecular complexity index is 586.